The predicted molar refractivity (Wildman–Crippen MR) is 213 cm³/mol. The summed E-state index contributed by atoms with van der Waals surface area (Å²) in [5, 5.41) is 5.20. The molecule has 2 atom stereocenters. The first-order chi connectivity index (χ1) is 24.5. The van der Waals surface area contributed by atoms with Crippen LogP contribution in [0.25, 0.3) is 78.0 Å². The molecule has 0 amide bonds. The Balaban J connectivity index is 1.11. The van der Waals surface area contributed by atoms with Gasteiger partial charge in [-0.2, -0.15) is 0 Å². The van der Waals surface area contributed by atoms with Crippen molar-refractivity contribution in [3.8, 4) is 22.3 Å². The van der Waals surface area contributed by atoms with Gasteiger partial charge in [-0.3, -0.25) is 0 Å². The number of rotatable bonds is 4. The SMILES string of the molecule is CC1=Cc2c(-c3cccc4c3[nH]c3ccccc34)cccc2[CH]1[Zr]([CH]1C(C)=Cc2c(-c3cccc4c3[nH]c3ccccc34)cccc21)=[Si](C)C. The monoisotopic (exact) mass is 736 g/mol. The van der Waals surface area contributed by atoms with E-state index in [1.54, 1.807) is 22.3 Å². The van der Waals surface area contributed by atoms with E-state index in [0.717, 1.165) is 0 Å². The van der Waals surface area contributed by atoms with Crippen LogP contribution in [0.1, 0.15) is 43.4 Å². The Morgan fingerprint density at radius 3 is 1.32 bits per heavy atom. The zero-order valence-corrected chi connectivity index (χ0v) is 32.3. The van der Waals surface area contributed by atoms with Gasteiger partial charge in [-0.05, 0) is 0 Å². The third-order valence-corrected chi connectivity index (χ3v) is 31.3. The average molecular weight is 738 g/mol. The van der Waals surface area contributed by atoms with Crippen molar-refractivity contribution in [1.29, 1.82) is 0 Å². The summed E-state index contributed by atoms with van der Waals surface area (Å²) in [5.74, 6) is 0. The van der Waals surface area contributed by atoms with Gasteiger partial charge in [-0.1, -0.05) is 0 Å². The molecule has 50 heavy (non-hydrogen) atoms. The van der Waals surface area contributed by atoms with Crippen molar-refractivity contribution in [2.24, 2.45) is 0 Å². The molecule has 0 spiro atoms. The van der Waals surface area contributed by atoms with Crippen LogP contribution in [-0.2, 0) is 20.4 Å². The topological polar surface area (TPSA) is 31.6 Å². The zero-order valence-electron chi connectivity index (χ0n) is 28.9. The summed E-state index contributed by atoms with van der Waals surface area (Å²) >= 11 is -2.24. The normalized spacial score (nSPS) is 16.6. The number of nitrogens with one attached hydrogen (secondary N) is 2. The molecule has 2 N–H and O–H groups in total. The first-order valence-electron chi connectivity index (χ1n) is 17.8. The maximum atomic E-state index is 3.79. The molecule has 6 aromatic carbocycles. The number of aromatic nitrogens is 2. The molecule has 4 heteroatoms. The molecule has 0 saturated heterocycles. The molecule has 2 aliphatic carbocycles. The quantitative estimate of drug-likeness (QED) is 0.169. The second-order valence-electron chi connectivity index (χ2n) is 14.5. The van der Waals surface area contributed by atoms with Crippen molar-refractivity contribution >= 4 is 61.2 Å². The molecular weight excluding hydrogens is 700 g/mol. The van der Waals surface area contributed by atoms with Crippen LogP contribution >= 0.6 is 0 Å². The maximum absolute atomic E-state index is 3.79. The Morgan fingerprint density at radius 1 is 0.460 bits per heavy atom. The number of benzene rings is 6. The van der Waals surface area contributed by atoms with E-state index in [-0.39, 0.29) is 0 Å². The number of H-pyrrole nitrogens is 2. The van der Waals surface area contributed by atoms with Crippen molar-refractivity contribution in [3.63, 3.8) is 0 Å². The second-order valence-corrected chi connectivity index (χ2v) is 32.4. The molecule has 0 saturated carbocycles. The molecule has 2 unspecified atom stereocenters. The van der Waals surface area contributed by atoms with Crippen LogP contribution in [0.4, 0.5) is 0 Å². The summed E-state index contributed by atoms with van der Waals surface area (Å²) < 4.78 is 1.16. The molecule has 240 valence electrons. The molecule has 2 aromatic heterocycles. The van der Waals surface area contributed by atoms with Crippen LogP contribution in [0, 0.1) is 0 Å². The van der Waals surface area contributed by atoms with Crippen molar-refractivity contribution in [3.05, 3.63) is 155 Å². The van der Waals surface area contributed by atoms with Gasteiger partial charge in [0.25, 0.3) is 0 Å². The third-order valence-electron chi connectivity index (χ3n) is 11.4. The first kappa shape index (κ1) is 30.3. The van der Waals surface area contributed by atoms with E-state index in [2.05, 4.69) is 170 Å². The van der Waals surface area contributed by atoms with Crippen molar-refractivity contribution in [2.75, 3.05) is 0 Å². The van der Waals surface area contributed by atoms with Crippen LogP contribution in [0.2, 0.25) is 13.1 Å². The summed E-state index contributed by atoms with van der Waals surface area (Å²) in [4.78, 5) is 7.57. The molecule has 0 radical (unpaired) electrons. The van der Waals surface area contributed by atoms with Gasteiger partial charge in [0.05, 0.1) is 0 Å². The van der Waals surface area contributed by atoms with Gasteiger partial charge >= 0.3 is 303 Å². The van der Waals surface area contributed by atoms with Crippen LogP contribution in [-0.4, -0.2) is 15.4 Å². The average Bonchev–Trinajstić information content (AvgIpc) is 3.88. The summed E-state index contributed by atoms with van der Waals surface area (Å²) in [6.45, 7) is 10.1. The Morgan fingerprint density at radius 2 is 0.860 bits per heavy atom. The van der Waals surface area contributed by atoms with E-state index in [0.29, 0.717) is 7.25 Å². The Bertz CT molecular complexity index is 2630. The first-order valence-corrected chi connectivity index (χ1v) is 26.8. The zero-order chi connectivity index (χ0) is 33.7. The second kappa shape index (κ2) is 11.5. The van der Waals surface area contributed by atoms with Gasteiger partial charge in [0.2, 0.25) is 0 Å². The fraction of sp³-hybridized carbons (Fsp3) is 0.130. The van der Waals surface area contributed by atoms with Gasteiger partial charge in [-0.25, -0.2) is 0 Å². The summed E-state index contributed by atoms with van der Waals surface area (Å²) in [6.07, 6.45) is 5.12. The van der Waals surface area contributed by atoms with Crippen molar-refractivity contribution < 1.29 is 20.4 Å². The Kier molecular flexibility index (Phi) is 6.99. The van der Waals surface area contributed by atoms with Crippen LogP contribution < -0.4 is 0 Å². The number of hydrogen-bond donors (Lipinski definition) is 2. The minimum absolute atomic E-state index is 0.541. The molecule has 2 nitrogen and oxygen atoms in total. The van der Waals surface area contributed by atoms with E-state index in [1.807, 2.05) is 0 Å². The predicted octanol–water partition coefficient (Wildman–Crippen LogP) is 12.8. The van der Waals surface area contributed by atoms with Gasteiger partial charge in [0, 0.05) is 0 Å². The number of allylic oxidation sites excluding steroid dienone is 2. The Labute approximate surface area is 300 Å². The molecule has 8 aromatic rings. The van der Waals surface area contributed by atoms with Gasteiger partial charge < -0.3 is 0 Å². The number of fused-ring (bicyclic) bond motifs is 8. The molecule has 0 bridgehead atoms. The van der Waals surface area contributed by atoms with E-state index in [4.69, 9.17) is 0 Å². The molecule has 2 aliphatic rings. The van der Waals surface area contributed by atoms with E-state index >= 15 is 0 Å². The Hall–Kier alpha value is -4.50. The number of hydrogen-bond acceptors (Lipinski definition) is 0. The standard InChI is InChI=1S/2C22H16N.C2H6Si.Zr/c2*1-14-12-15-6-4-8-16(20(15)13-14)18-9-5-10-19-17-7-2-3-11-21(17)23-22(18)19;1-3-2;/h2*2-13,23H,1H3;1-2H3;. The fourth-order valence-corrected chi connectivity index (χ4v) is 30.1. The van der Waals surface area contributed by atoms with Crippen molar-refractivity contribution in [2.45, 2.75) is 34.2 Å². The molecule has 2 heterocycles. The molecular formula is C46H38N2SiZr. The van der Waals surface area contributed by atoms with E-state index in [1.165, 1.54) is 77.0 Å². The molecule has 0 aliphatic heterocycles. The van der Waals surface area contributed by atoms with Gasteiger partial charge in [0.15, 0.2) is 0 Å². The fourth-order valence-electron chi connectivity index (χ4n) is 9.34. The van der Waals surface area contributed by atoms with Crippen LogP contribution in [0.3, 0.4) is 0 Å². The van der Waals surface area contributed by atoms with Crippen LogP contribution in [0.15, 0.2) is 132 Å². The summed E-state index contributed by atoms with van der Waals surface area (Å²) in [5.41, 5.74) is 18.9. The van der Waals surface area contributed by atoms with Crippen LogP contribution in [0.5, 0.6) is 0 Å². The van der Waals surface area contributed by atoms with E-state index in [9.17, 15) is 0 Å². The number of aromatic amines is 2. The summed E-state index contributed by atoms with van der Waals surface area (Å²) in [6, 6.07) is 45.3. The van der Waals surface area contributed by atoms with Gasteiger partial charge in [-0.15, -0.1) is 0 Å². The third kappa shape index (κ3) is 4.41. The van der Waals surface area contributed by atoms with Gasteiger partial charge in [0.1, 0.15) is 0 Å². The minimum atomic E-state index is -2.24. The molecule has 0 fully saturated rings. The van der Waals surface area contributed by atoms with Crippen molar-refractivity contribution in [1.82, 2.24) is 9.97 Å². The number of para-hydroxylation sites is 4. The van der Waals surface area contributed by atoms with E-state index < -0.39 is 25.8 Å². The summed E-state index contributed by atoms with van der Waals surface area (Å²) in [7, 11) is 0. The molecule has 10 rings (SSSR count).